The van der Waals surface area contributed by atoms with Crippen LogP contribution in [0.5, 0.6) is 0 Å². The minimum atomic E-state index is -0.762. The maximum atomic E-state index is 12.9. The number of halogens is 1. The molecule has 0 unspecified atom stereocenters. The molecule has 3 aliphatic rings. The molecule has 4 amide bonds. The van der Waals surface area contributed by atoms with Crippen LogP contribution in [0.2, 0.25) is 0 Å². The van der Waals surface area contributed by atoms with Gasteiger partial charge in [0.2, 0.25) is 5.91 Å². The first kappa shape index (κ1) is 22.9. The third-order valence-corrected chi connectivity index (χ3v) is 6.73. The van der Waals surface area contributed by atoms with Gasteiger partial charge in [0, 0.05) is 13.1 Å². The largest absolute Gasteiger partial charge is 0.341 e. The highest BCUT2D eigenvalue weighted by Gasteiger charge is 2.52. The number of imide groups is 1. The van der Waals surface area contributed by atoms with E-state index in [-0.39, 0.29) is 30.8 Å². The molecule has 0 bridgehead atoms. The van der Waals surface area contributed by atoms with Crippen LogP contribution in [0.15, 0.2) is 0 Å². The second-order valence-electron chi connectivity index (χ2n) is 8.39. The Labute approximate surface area is 174 Å². The molecule has 0 atom stereocenters. The van der Waals surface area contributed by atoms with Gasteiger partial charge in [-0.1, -0.05) is 20.3 Å². The highest BCUT2D eigenvalue weighted by molar-refractivity contribution is 6.09. The van der Waals surface area contributed by atoms with Gasteiger partial charge < -0.3 is 15.5 Å². The third kappa shape index (κ3) is 4.79. The lowest BCUT2D eigenvalue weighted by Gasteiger charge is -2.35. The van der Waals surface area contributed by atoms with Crippen LogP contribution in [0, 0.1) is 11.8 Å². The Morgan fingerprint density at radius 2 is 1.75 bits per heavy atom. The molecule has 3 fully saturated rings. The fourth-order valence-corrected chi connectivity index (χ4v) is 4.71. The lowest BCUT2D eigenvalue weighted by atomic mass is 9.75. The second kappa shape index (κ2) is 9.92. The van der Waals surface area contributed by atoms with Gasteiger partial charge in [0.25, 0.3) is 5.91 Å². The molecule has 2 heterocycles. The van der Waals surface area contributed by atoms with Crippen molar-refractivity contribution in [2.75, 3.05) is 32.7 Å². The Balaban J connectivity index is 0.00000280. The van der Waals surface area contributed by atoms with Crippen LogP contribution in [0.3, 0.4) is 0 Å². The molecule has 0 aromatic rings. The molecule has 2 aliphatic heterocycles. The number of piperidine rings is 1. The molecule has 2 N–H and O–H groups in total. The molecule has 7 nitrogen and oxygen atoms in total. The first-order valence-corrected chi connectivity index (χ1v) is 10.6. The second-order valence-corrected chi connectivity index (χ2v) is 8.39. The van der Waals surface area contributed by atoms with E-state index in [1.165, 1.54) is 0 Å². The van der Waals surface area contributed by atoms with Gasteiger partial charge in [0.15, 0.2) is 0 Å². The van der Waals surface area contributed by atoms with Crippen molar-refractivity contribution in [3.63, 3.8) is 0 Å². The van der Waals surface area contributed by atoms with Gasteiger partial charge in [0.1, 0.15) is 12.1 Å². The Kier molecular flexibility index (Phi) is 8.13. The summed E-state index contributed by atoms with van der Waals surface area (Å²) in [7, 11) is 0. The third-order valence-electron chi connectivity index (χ3n) is 6.73. The van der Waals surface area contributed by atoms with E-state index >= 15 is 0 Å². The molecule has 3 rings (SSSR count). The van der Waals surface area contributed by atoms with E-state index in [0.29, 0.717) is 37.8 Å². The van der Waals surface area contributed by atoms with Gasteiger partial charge in [0.05, 0.1) is 0 Å². The number of hydrogen-bond donors (Lipinski definition) is 2. The number of nitrogens with zero attached hydrogens (tertiary/aromatic N) is 2. The molecule has 28 heavy (non-hydrogen) atoms. The molecule has 0 radical (unpaired) electrons. The average molecular weight is 415 g/mol. The average Bonchev–Trinajstić information content (AvgIpc) is 2.91. The van der Waals surface area contributed by atoms with Crippen LogP contribution in [0.1, 0.15) is 58.8 Å². The molecule has 0 aromatic heterocycles. The molecular weight excluding hydrogens is 380 g/mol. The van der Waals surface area contributed by atoms with Crippen LogP contribution < -0.4 is 10.6 Å². The van der Waals surface area contributed by atoms with E-state index in [1.54, 1.807) is 0 Å². The first-order valence-electron chi connectivity index (χ1n) is 10.6. The van der Waals surface area contributed by atoms with Crippen LogP contribution in [0.25, 0.3) is 0 Å². The van der Waals surface area contributed by atoms with Crippen molar-refractivity contribution in [1.82, 2.24) is 20.4 Å². The molecule has 1 aliphatic carbocycles. The zero-order valence-electron chi connectivity index (χ0n) is 17.2. The predicted octanol–water partition coefficient (Wildman–Crippen LogP) is 2.15. The van der Waals surface area contributed by atoms with Crippen LogP contribution in [-0.2, 0) is 9.59 Å². The van der Waals surface area contributed by atoms with Gasteiger partial charge >= 0.3 is 6.03 Å². The van der Waals surface area contributed by atoms with Crippen molar-refractivity contribution in [3.05, 3.63) is 0 Å². The quantitative estimate of drug-likeness (QED) is 0.652. The van der Waals surface area contributed by atoms with Crippen molar-refractivity contribution in [1.29, 1.82) is 0 Å². The monoisotopic (exact) mass is 414 g/mol. The van der Waals surface area contributed by atoms with Crippen molar-refractivity contribution < 1.29 is 14.4 Å². The molecular formula is C20H35ClN4O3. The molecule has 0 aromatic carbocycles. The molecule has 1 saturated carbocycles. The Morgan fingerprint density at radius 1 is 1.11 bits per heavy atom. The minimum absolute atomic E-state index is 0. The fourth-order valence-electron chi connectivity index (χ4n) is 4.71. The number of rotatable bonds is 6. The molecule has 2 saturated heterocycles. The number of carbonyl (C=O) groups is 3. The normalized spacial score (nSPS) is 28.4. The highest BCUT2D eigenvalue weighted by atomic mass is 35.5. The summed E-state index contributed by atoms with van der Waals surface area (Å²) in [5, 5.41) is 6.27. The minimum Gasteiger partial charge on any atom is -0.341 e. The van der Waals surface area contributed by atoms with Crippen molar-refractivity contribution in [3.8, 4) is 0 Å². The number of likely N-dealkylation sites (tertiary alicyclic amines) is 1. The maximum absolute atomic E-state index is 12.9. The summed E-state index contributed by atoms with van der Waals surface area (Å²) >= 11 is 0. The van der Waals surface area contributed by atoms with E-state index < -0.39 is 11.6 Å². The zero-order valence-corrected chi connectivity index (χ0v) is 18.0. The summed E-state index contributed by atoms with van der Waals surface area (Å²) in [4.78, 5) is 41.0. The summed E-state index contributed by atoms with van der Waals surface area (Å²) in [6, 6.07) is -0.398. The van der Waals surface area contributed by atoms with Crippen LogP contribution in [0.4, 0.5) is 4.79 Å². The number of urea groups is 1. The highest BCUT2D eigenvalue weighted by Crippen LogP contribution is 2.37. The Morgan fingerprint density at radius 3 is 2.32 bits per heavy atom. The van der Waals surface area contributed by atoms with Gasteiger partial charge in [-0.3, -0.25) is 14.5 Å². The summed E-state index contributed by atoms with van der Waals surface area (Å²) in [5.74, 6) is 0.930. The van der Waals surface area contributed by atoms with Gasteiger partial charge in [-0.2, -0.15) is 0 Å². The summed E-state index contributed by atoms with van der Waals surface area (Å²) < 4.78 is 0. The van der Waals surface area contributed by atoms with Crippen molar-refractivity contribution in [2.45, 2.75) is 64.3 Å². The summed E-state index contributed by atoms with van der Waals surface area (Å²) in [6.45, 7) is 7.52. The smallest absolute Gasteiger partial charge is 0.325 e. The Hall–Kier alpha value is -1.34. The Bertz CT molecular complexity index is 570. The zero-order chi connectivity index (χ0) is 19.4. The van der Waals surface area contributed by atoms with Crippen LogP contribution >= 0.6 is 12.4 Å². The van der Waals surface area contributed by atoms with E-state index in [1.807, 2.05) is 4.90 Å². The van der Waals surface area contributed by atoms with E-state index in [9.17, 15) is 14.4 Å². The summed E-state index contributed by atoms with van der Waals surface area (Å²) in [6.07, 6.45) is 6.37. The predicted molar refractivity (Wildman–Crippen MR) is 110 cm³/mol. The number of amides is 4. The number of carbonyl (C=O) groups excluding carboxylic acids is 3. The molecule has 160 valence electrons. The van der Waals surface area contributed by atoms with E-state index in [4.69, 9.17) is 0 Å². The summed E-state index contributed by atoms with van der Waals surface area (Å²) in [5.41, 5.74) is -0.762. The van der Waals surface area contributed by atoms with Gasteiger partial charge in [-0.15, -0.1) is 12.4 Å². The molecule has 8 heteroatoms. The standard InChI is InChI=1S/C20H34N4O3.ClH/c1-3-15-5-9-20(10-6-15)18(26)24(19(27)22-20)14-17(25)23-11-7-16(8-12-23)13-21-4-2;/h15-16,21H,3-14H2,1-2H3,(H,22,27);1H. The maximum Gasteiger partial charge on any atom is 0.325 e. The first-order chi connectivity index (χ1) is 13.0. The lowest BCUT2D eigenvalue weighted by Crippen LogP contribution is -2.50. The van der Waals surface area contributed by atoms with Crippen LogP contribution in [-0.4, -0.2) is 65.9 Å². The van der Waals surface area contributed by atoms with Crippen molar-refractivity contribution >= 4 is 30.3 Å². The van der Waals surface area contributed by atoms with E-state index in [2.05, 4.69) is 24.5 Å². The SMILES string of the molecule is CCNCC1CCN(C(=O)CN2C(=O)NC3(CCC(CC)CC3)C2=O)CC1.Cl. The van der Waals surface area contributed by atoms with E-state index in [0.717, 1.165) is 50.1 Å². The fraction of sp³-hybridized carbons (Fsp3) is 0.850. The van der Waals surface area contributed by atoms with Gasteiger partial charge in [-0.25, -0.2) is 4.79 Å². The number of hydrogen-bond acceptors (Lipinski definition) is 4. The van der Waals surface area contributed by atoms with Crippen molar-refractivity contribution in [2.24, 2.45) is 11.8 Å². The number of nitrogens with one attached hydrogen (secondary N) is 2. The van der Waals surface area contributed by atoms with Gasteiger partial charge in [-0.05, 0) is 63.5 Å². The molecule has 1 spiro atoms. The lowest BCUT2D eigenvalue weighted by molar-refractivity contribution is -0.140. The topological polar surface area (TPSA) is 81.8 Å².